The summed E-state index contributed by atoms with van der Waals surface area (Å²) in [6.45, 7) is 6.48. The van der Waals surface area contributed by atoms with Gasteiger partial charge in [0.25, 0.3) is 0 Å². The smallest absolute Gasteiger partial charge is 0.123 e. The first-order valence-corrected chi connectivity index (χ1v) is 6.43. The highest BCUT2D eigenvalue weighted by Crippen LogP contribution is 2.24. The molecule has 1 saturated heterocycles. The van der Waals surface area contributed by atoms with Crippen molar-refractivity contribution in [2.45, 2.75) is 19.5 Å². The second-order valence-corrected chi connectivity index (χ2v) is 4.75. The lowest BCUT2D eigenvalue weighted by atomic mass is 10.0. The van der Waals surface area contributed by atoms with Crippen LogP contribution in [-0.4, -0.2) is 38.3 Å². The van der Waals surface area contributed by atoms with Crippen LogP contribution in [0.5, 0.6) is 5.75 Å². The van der Waals surface area contributed by atoms with E-state index in [4.69, 9.17) is 15.2 Å². The van der Waals surface area contributed by atoms with Crippen LogP contribution in [0.4, 0.5) is 0 Å². The van der Waals surface area contributed by atoms with Gasteiger partial charge in [-0.2, -0.15) is 0 Å². The van der Waals surface area contributed by atoms with Crippen LogP contribution in [0.15, 0.2) is 18.2 Å². The molecule has 0 amide bonds. The number of morpholine rings is 1. The summed E-state index contributed by atoms with van der Waals surface area (Å²) in [4.78, 5) is 2.38. The average molecular weight is 250 g/mol. The first kappa shape index (κ1) is 13.3. The maximum absolute atomic E-state index is 5.93. The van der Waals surface area contributed by atoms with Crippen LogP contribution in [0.25, 0.3) is 0 Å². The molecule has 1 aliphatic rings. The van der Waals surface area contributed by atoms with Gasteiger partial charge in [0, 0.05) is 31.2 Å². The van der Waals surface area contributed by atoms with E-state index in [9.17, 15) is 0 Å². The lowest BCUT2D eigenvalue weighted by Gasteiger charge is -2.27. The van der Waals surface area contributed by atoms with Gasteiger partial charge in [-0.3, -0.25) is 4.90 Å². The number of nitrogens with zero attached hydrogens (tertiary/aromatic N) is 1. The SMILES string of the molecule is COc1ccc(C(C)N)cc1CN1CCOCC1. The molecule has 1 atom stereocenters. The van der Waals surface area contributed by atoms with Gasteiger partial charge in [0.1, 0.15) is 5.75 Å². The Morgan fingerprint density at radius 3 is 2.72 bits per heavy atom. The molecule has 2 N–H and O–H groups in total. The number of benzene rings is 1. The third-order valence-electron chi connectivity index (χ3n) is 3.33. The van der Waals surface area contributed by atoms with Crippen LogP contribution < -0.4 is 10.5 Å². The van der Waals surface area contributed by atoms with E-state index >= 15 is 0 Å². The Kier molecular flexibility index (Phi) is 4.58. The third-order valence-corrected chi connectivity index (χ3v) is 3.33. The minimum Gasteiger partial charge on any atom is -0.496 e. The fourth-order valence-corrected chi connectivity index (χ4v) is 2.21. The molecule has 0 bridgehead atoms. The molecule has 0 saturated carbocycles. The van der Waals surface area contributed by atoms with Crippen molar-refractivity contribution in [2.75, 3.05) is 33.4 Å². The van der Waals surface area contributed by atoms with E-state index in [1.54, 1.807) is 7.11 Å². The Labute approximate surface area is 109 Å². The molecule has 1 fully saturated rings. The molecular formula is C14H22N2O2. The zero-order valence-corrected chi connectivity index (χ0v) is 11.2. The van der Waals surface area contributed by atoms with Gasteiger partial charge in [-0.1, -0.05) is 6.07 Å². The topological polar surface area (TPSA) is 47.7 Å². The van der Waals surface area contributed by atoms with Crippen LogP contribution in [0, 0.1) is 0 Å². The zero-order chi connectivity index (χ0) is 13.0. The molecule has 100 valence electrons. The van der Waals surface area contributed by atoms with E-state index in [1.807, 2.05) is 19.1 Å². The molecular weight excluding hydrogens is 228 g/mol. The monoisotopic (exact) mass is 250 g/mol. The standard InChI is InChI=1S/C14H22N2O2/c1-11(15)12-3-4-14(17-2)13(9-12)10-16-5-7-18-8-6-16/h3-4,9,11H,5-8,10,15H2,1-2H3. The van der Waals surface area contributed by atoms with Crippen molar-refractivity contribution in [3.05, 3.63) is 29.3 Å². The number of hydrogen-bond donors (Lipinski definition) is 1. The van der Waals surface area contributed by atoms with Crippen LogP contribution in [0.3, 0.4) is 0 Å². The van der Waals surface area contributed by atoms with E-state index in [0.717, 1.165) is 44.2 Å². The Balaban J connectivity index is 2.15. The highest BCUT2D eigenvalue weighted by molar-refractivity contribution is 5.38. The van der Waals surface area contributed by atoms with E-state index in [2.05, 4.69) is 11.0 Å². The average Bonchev–Trinajstić information content (AvgIpc) is 2.39. The van der Waals surface area contributed by atoms with E-state index in [1.165, 1.54) is 5.56 Å². The summed E-state index contributed by atoms with van der Waals surface area (Å²) in [7, 11) is 1.71. The Morgan fingerprint density at radius 2 is 2.11 bits per heavy atom. The summed E-state index contributed by atoms with van der Waals surface area (Å²) in [6.07, 6.45) is 0. The highest BCUT2D eigenvalue weighted by Gasteiger charge is 2.14. The molecule has 4 heteroatoms. The normalized spacial score (nSPS) is 18.6. The van der Waals surface area contributed by atoms with Crippen molar-refractivity contribution in [3.8, 4) is 5.75 Å². The first-order chi connectivity index (χ1) is 8.70. The summed E-state index contributed by atoms with van der Waals surface area (Å²) < 4.78 is 10.8. The molecule has 0 radical (unpaired) electrons. The molecule has 1 aromatic carbocycles. The lowest BCUT2D eigenvalue weighted by Crippen LogP contribution is -2.35. The first-order valence-electron chi connectivity index (χ1n) is 6.43. The summed E-state index contributed by atoms with van der Waals surface area (Å²) in [5.41, 5.74) is 8.29. The van der Waals surface area contributed by atoms with Crippen LogP contribution >= 0.6 is 0 Å². The second kappa shape index (κ2) is 6.18. The molecule has 1 aromatic rings. The van der Waals surface area contributed by atoms with Crippen LogP contribution in [0.1, 0.15) is 24.1 Å². The minimum absolute atomic E-state index is 0.0549. The molecule has 18 heavy (non-hydrogen) atoms. The van der Waals surface area contributed by atoms with E-state index in [0.29, 0.717) is 0 Å². The predicted molar refractivity (Wildman–Crippen MR) is 71.7 cm³/mol. The quantitative estimate of drug-likeness (QED) is 0.880. The van der Waals surface area contributed by atoms with Crippen molar-refractivity contribution < 1.29 is 9.47 Å². The number of hydrogen-bond acceptors (Lipinski definition) is 4. The lowest BCUT2D eigenvalue weighted by molar-refractivity contribution is 0.0339. The zero-order valence-electron chi connectivity index (χ0n) is 11.2. The van der Waals surface area contributed by atoms with E-state index in [-0.39, 0.29) is 6.04 Å². The van der Waals surface area contributed by atoms with Gasteiger partial charge in [-0.05, 0) is 24.6 Å². The van der Waals surface area contributed by atoms with Crippen molar-refractivity contribution in [1.29, 1.82) is 0 Å². The Bertz CT molecular complexity index is 387. The molecule has 0 spiro atoms. The van der Waals surface area contributed by atoms with Gasteiger partial charge in [-0.25, -0.2) is 0 Å². The Hall–Kier alpha value is -1.10. The third kappa shape index (κ3) is 3.22. The molecule has 0 aromatic heterocycles. The van der Waals surface area contributed by atoms with Gasteiger partial charge < -0.3 is 15.2 Å². The fraction of sp³-hybridized carbons (Fsp3) is 0.571. The fourth-order valence-electron chi connectivity index (χ4n) is 2.21. The number of nitrogens with two attached hydrogens (primary N) is 1. The predicted octanol–water partition coefficient (Wildman–Crippen LogP) is 1.55. The largest absolute Gasteiger partial charge is 0.496 e. The van der Waals surface area contributed by atoms with Gasteiger partial charge in [0.2, 0.25) is 0 Å². The minimum atomic E-state index is 0.0549. The Morgan fingerprint density at radius 1 is 1.39 bits per heavy atom. The van der Waals surface area contributed by atoms with Crippen molar-refractivity contribution in [2.24, 2.45) is 5.73 Å². The van der Waals surface area contributed by atoms with Gasteiger partial charge in [-0.15, -0.1) is 0 Å². The van der Waals surface area contributed by atoms with Crippen molar-refractivity contribution >= 4 is 0 Å². The molecule has 4 nitrogen and oxygen atoms in total. The molecule has 0 aliphatic carbocycles. The molecule has 1 aliphatic heterocycles. The molecule has 2 rings (SSSR count). The van der Waals surface area contributed by atoms with Crippen molar-refractivity contribution in [3.63, 3.8) is 0 Å². The highest BCUT2D eigenvalue weighted by atomic mass is 16.5. The van der Waals surface area contributed by atoms with Crippen molar-refractivity contribution in [1.82, 2.24) is 4.90 Å². The summed E-state index contributed by atoms with van der Waals surface area (Å²) in [5.74, 6) is 0.936. The summed E-state index contributed by atoms with van der Waals surface area (Å²) in [6, 6.07) is 6.25. The maximum Gasteiger partial charge on any atom is 0.123 e. The van der Waals surface area contributed by atoms with E-state index < -0.39 is 0 Å². The van der Waals surface area contributed by atoms with Gasteiger partial charge in [0.05, 0.1) is 20.3 Å². The summed E-state index contributed by atoms with van der Waals surface area (Å²) >= 11 is 0. The number of ether oxygens (including phenoxy) is 2. The van der Waals surface area contributed by atoms with Gasteiger partial charge in [0.15, 0.2) is 0 Å². The van der Waals surface area contributed by atoms with Crippen LogP contribution in [0.2, 0.25) is 0 Å². The number of rotatable bonds is 4. The van der Waals surface area contributed by atoms with Crippen LogP contribution in [-0.2, 0) is 11.3 Å². The molecule has 1 unspecified atom stereocenters. The maximum atomic E-state index is 5.93. The molecule has 1 heterocycles. The van der Waals surface area contributed by atoms with Gasteiger partial charge >= 0.3 is 0 Å². The second-order valence-electron chi connectivity index (χ2n) is 4.75. The summed E-state index contributed by atoms with van der Waals surface area (Å²) in [5, 5.41) is 0. The number of methoxy groups -OCH3 is 1.